The number of phenols is 3. The van der Waals surface area contributed by atoms with Crippen molar-refractivity contribution in [2.24, 2.45) is 17.4 Å². The zero-order valence-corrected chi connectivity index (χ0v) is 55.7. The number of benzene rings is 5. The predicted molar refractivity (Wildman–Crippen MR) is 348 cm³/mol. The van der Waals surface area contributed by atoms with E-state index in [9.17, 15) is 69.9 Å². The number of ether oxygens (including phenoxy) is 6. The number of aromatic hydroxyl groups is 3. The van der Waals surface area contributed by atoms with Crippen LogP contribution >= 0.6 is 23.2 Å². The van der Waals surface area contributed by atoms with Crippen molar-refractivity contribution in [2.75, 3.05) is 7.05 Å². The van der Waals surface area contributed by atoms with Crippen molar-refractivity contribution in [3.63, 3.8) is 0 Å². The highest BCUT2D eigenvalue weighted by Crippen LogP contribution is 2.50. The molecule has 7 aliphatic rings. The maximum atomic E-state index is 16.0. The van der Waals surface area contributed by atoms with Crippen LogP contribution < -0.4 is 62.9 Å². The number of aliphatic hydroxyl groups is 5. The first-order valence-electron chi connectivity index (χ1n) is 31.5. The van der Waals surface area contributed by atoms with Gasteiger partial charge < -0.3 is 123 Å². The highest BCUT2D eigenvalue weighted by molar-refractivity contribution is 6.32. The fraction of sp³-hybridized carbons (Fsp3) is 0.424. The summed E-state index contributed by atoms with van der Waals surface area (Å²) in [7, 11) is 1.48. The van der Waals surface area contributed by atoms with Crippen molar-refractivity contribution in [3.05, 3.63) is 117 Å². The average Bonchev–Trinajstić information content (AvgIpc) is 0.769. The third-order valence-electron chi connectivity index (χ3n) is 17.7. The molecule has 12 rings (SSSR count). The molecule has 7 aliphatic heterocycles. The van der Waals surface area contributed by atoms with Crippen molar-refractivity contribution < 1.29 is 113 Å². The van der Waals surface area contributed by atoms with Crippen LogP contribution in [0.15, 0.2) is 78.9 Å². The minimum absolute atomic E-state index is 0.0872. The number of nitrogens with one attached hydrogen (secondary N) is 7. The SMILES string of the molecule is CN[C@H](CC(C)C)C(=O)N[C@H]1C(=O)N[C@@H](CC(N)=O)C(=O)N[C@H]2C(=O)N[C@H]3C(=O)N[C@H](C(=O)N[C@H](C(=O)O)c4cc(O)cc(O)c4-c4cc3ccc4O)[C@H](O)c3ccc(c(Cl)c3)Oc3cc2cc(c3O[C@@H]2O[C@H](C)[C@@H](O)[C@H](O)[C@H]2O[C@H]2C[C@](C)(N)[C@H](O)[C@H](C)O2)Oc2ccc(cc2Cl)[C@H]1O. The number of aliphatic hydroxyl groups excluding tert-OH is 5. The molecule has 100 heavy (non-hydrogen) atoms. The number of hydrogen-bond donors (Lipinski definition) is 18. The molecule has 0 aliphatic carbocycles. The zero-order chi connectivity index (χ0) is 72.8. The number of amides is 7. The van der Waals surface area contributed by atoms with Crippen molar-refractivity contribution in [1.29, 1.82) is 0 Å². The van der Waals surface area contributed by atoms with Gasteiger partial charge in [-0.1, -0.05) is 55.2 Å². The highest BCUT2D eigenvalue weighted by Gasteiger charge is 2.51. The summed E-state index contributed by atoms with van der Waals surface area (Å²) in [5.74, 6) is -15.5. The van der Waals surface area contributed by atoms with Gasteiger partial charge in [0.25, 0.3) is 0 Å². The summed E-state index contributed by atoms with van der Waals surface area (Å²) in [5, 5.41) is 120. The molecule has 536 valence electrons. The van der Waals surface area contributed by atoms with Crippen LogP contribution in [-0.4, -0.2) is 179 Å². The molecule has 5 aromatic carbocycles. The number of nitrogens with two attached hydrogens (primary N) is 2. The van der Waals surface area contributed by atoms with E-state index in [4.69, 9.17) is 63.1 Å². The summed E-state index contributed by atoms with van der Waals surface area (Å²) in [5.41, 5.74) is 8.19. The van der Waals surface area contributed by atoms with Crippen LogP contribution in [0.1, 0.15) is 112 Å². The second kappa shape index (κ2) is 29.6. The lowest BCUT2D eigenvalue weighted by molar-refractivity contribution is -0.329. The van der Waals surface area contributed by atoms with Crippen LogP contribution in [0.3, 0.4) is 0 Å². The maximum absolute atomic E-state index is 16.0. The lowest BCUT2D eigenvalue weighted by Gasteiger charge is -2.46. The van der Waals surface area contributed by atoms with Crippen molar-refractivity contribution in [2.45, 2.75) is 163 Å². The fourth-order valence-electron chi connectivity index (χ4n) is 12.4. The minimum atomic E-state index is -2.31. The Bertz CT molecular complexity index is 4050. The van der Waals surface area contributed by atoms with E-state index in [-0.39, 0.29) is 52.0 Å². The van der Waals surface area contributed by atoms with Crippen LogP contribution in [0.2, 0.25) is 10.0 Å². The van der Waals surface area contributed by atoms with Crippen LogP contribution in [0.4, 0.5) is 0 Å². The second-order valence-electron chi connectivity index (χ2n) is 25.7. The number of likely N-dealkylation sites (N-methyl/N-ethyl adjacent to an activating group) is 1. The first kappa shape index (κ1) is 73.6. The summed E-state index contributed by atoms with van der Waals surface area (Å²) >= 11 is 14.1. The molecule has 0 saturated carbocycles. The molecule has 20 N–H and O–H groups in total. The molecular formula is C66H75Cl2N9O23. The molecule has 5 aromatic rings. The molecule has 2 saturated heterocycles. The van der Waals surface area contributed by atoms with E-state index in [1.165, 1.54) is 40.0 Å². The van der Waals surface area contributed by atoms with Gasteiger partial charge in [-0.05, 0) is 117 Å². The molecule has 2 fully saturated rings. The number of hydrogen-bond acceptors (Lipinski definition) is 24. The van der Waals surface area contributed by atoms with E-state index in [1.54, 1.807) is 0 Å². The van der Waals surface area contributed by atoms with Gasteiger partial charge in [-0.25, -0.2) is 4.79 Å². The Kier molecular flexibility index (Phi) is 21.8. The van der Waals surface area contributed by atoms with Gasteiger partial charge in [-0.3, -0.25) is 33.6 Å². The molecule has 0 aromatic heterocycles. The number of carbonyl (C=O) groups is 8. The van der Waals surface area contributed by atoms with E-state index in [0.29, 0.717) is 0 Å². The molecule has 0 unspecified atom stereocenters. The first-order chi connectivity index (χ1) is 47.1. The smallest absolute Gasteiger partial charge is 0.330 e. The Morgan fingerprint density at radius 1 is 0.690 bits per heavy atom. The van der Waals surface area contributed by atoms with Crippen molar-refractivity contribution in [3.8, 4) is 57.1 Å². The maximum Gasteiger partial charge on any atom is 0.330 e. The van der Waals surface area contributed by atoms with E-state index in [2.05, 4.69) is 37.2 Å². The standard InChI is InChI=1S/C66H75Cl2N9O23/c1-23(2)13-35(71-6)58(87)76-49-52(83)27-8-11-39(33(67)15-27)97-41-17-29-18-42(55(41)100-65-56(54(85)51(82)24(3)96-65)99-44-22-66(5,70)57(86)25(4)95-44)98-40-12-9-28(16-34(40)68)53(84)50-63(92)75-48(64(93)94)32-19-30(78)20-38(80)45(32)31-14-26(7-10-37(31)79)46(60(89)77-50)74-61(90)47(29)73-59(88)36(21-43(69)81)72-62(49)91/h7-12,14-20,23-25,35-36,44,46-54,56-57,65,71,78-80,82-86H,13,21-22,70H2,1-6H3,(H2,69,81)(H,72,91)(H,73,88)(H,74,90)(H,75,92)(H,76,87)(H,77,89)(H,93,94)/t24-,25+,35-,36+,44+,46-,47-,48+,49-,50+,51-,52-,53-,54+,56-,57-,65+,66+/m1/s1. The molecular weight excluding hydrogens is 1360 g/mol. The second-order valence-corrected chi connectivity index (χ2v) is 26.5. The molecule has 7 amide bonds. The van der Waals surface area contributed by atoms with E-state index >= 15 is 14.4 Å². The Hall–Kier alpha value is -9.16. The molecule has 32 nitrogen and oxygen atoms in total. The van der Waals surface area contributed by atoms with Gasteiger partial charge in [0.1, 0.15) is 83.4 Å². The number of carboxylic acids is 1. The molecule has 0 radical (unpaired) electrons. The average molecular weight is 1430 g/mol. The molecule has 34 heteroatoms. The first-order valence-corrected chi connectivity index (χ1v) is 32.2. The quantitative estimate of drug-likeness (QED) is 0.0832. The number of carboxylic acid groups (broad SMARTS) is 1. The Morgan fingerprint density at radius 3 is 1.88 bits per heavy atom. The summed E-state index contributed by atoms with van der Waals surface area (Å²) in [6.07, 6.45) is -17.2. The van der Waals surface area contributed by atoms with Crippen molar-refractivity contribution in [1.82, 2.24) is 37.2 Å². The summed E-state index contributed by atoms with van der Waals surface area (Å²) < 4.78 is 38.6. The van der Waals surface area contributed by atoms with Gasteiger partial charge >= 0.3 is 5.97 Å². The largest absolute Gasteiger partial charge is 0.508 e. The van der Waals surface area contributed by atoms with Gasteiger partial charge in [0.15, 0.2) is 29.9 Å². The Labute approximate surface area is 579 Å². The zero-order valence-electron chi connectivity index (χ0n) is 54.2. The van der Waals surface area contributed by atoms with Crippen LogP contribution in [0.5, 0.6) is 46.0 Å². The summed E-state index contributed by atoms with van der Waals surface area (Å²) in [4.78, 5) is 117. The lowest BCUT2D eigenvalue weighted by Crippen LogP contribution is -2.64. The fourth-order valence-corrected chi connectivity index (χ4v) is 12.9. The monoisotopic (exact) mass is 1430 g/mol. The molecule has 0 spiro atoms. The molecule has 7 heterocycles. The predicted octanol–water partition coefficient (Wildman–Crippen LogP) is 1.13. The third-order valence-corrected chi connectivity index (χ3v) is 18.3. The van der Waals surface area contributed by atoms with Gasteiger partial charge in [0, 0.05) is 34.7 Å². The Morgan fingerprint density at radius 2 is 1.29 bits per heavy atom. The normalized spacial score (nSPS) is 29.6. The number of halogens is 2. The van der Waals surface area contributed by atoms with E-state index in [1.807, 2.05) is 13.8 Å². The molecule has 11 bridgehead atoms. The van der Waals surface area contributed by atoms with Crippen LogP contribution in [0.25, 0.3) is 11.1 Å². The number of primary amides is 1. The van der Waals surface area contributed by atoms with Gasteiger partial charge in [-0.15, -0.1) is 0 Å². The van der Waals surface area contributed by atoms with Crippen molar-refractivity contribution >= 4 is 70.5 Å². The van der Waals surface area contributed by atoms with Gasteiger partial charge in [-0.2, -0.15) is 0 Å². The van der Waals surface area contributed by atoms with Gasteiger partial charge in [0.05, 0.1) is 40.8 Å². The molecule has 18 atom stereocenters. The number of carbonyl (C=O) groups excluding carboxylic acids is 7. The number of fused-ring (bicyclic) bond motifs is 15. The van der Waals surface area contributed by atoms with Crippen LogP contribution in [-0.2, 0) is 52.6 Å². The number of rotatable bonds is 12. The lowest BCUT2D eigenvalue weighted by atomic mass is 9.86. The van der Waals surface area contributed by atoms with E-state index in [0.717, 1.165) is 66.7 Å². The third kappa shape index (κ3) is 15.4. The van der Waals surface area contributed by atoms with Gasteiger partial charge in [0.2, 0.25) is 53.4 Å². The highest BCUT2D eigenvalue weighted by atomic mass is 35.5. The minimum Gasteiger partial charge on any atom is -0.508 e. The summed E-state index contributed by atoms with van der Waals surface area (Å²) in [6.45, 7) is 8.08. The van der Waals surface area contributed by atoms with E-state index < -0.39 is 225 Å². The number of aliphatic carboxylic acids is 1. The summed E-state index contributed by atoms with van der Waals surface area (Å²) in [6, 6.07) is -0.252. The topological polar surface area (TPSA) is 510 Å². The Balaban J connectivity index is 1.23. The van der Waals surface area contributed by atoms with Crippen LogP contribution in [0, 0.1) is 5.92 Å². The number of phenolic OH excluding ortho intramolecular Hbond substituents is 3.